The minimum Gasteiger partial charge on any atom is -0.453 e. The smallest absolute Gasteiger partial charge is 0.335 e. The van der Waals surface area contributed by atoms with Crippen molar-refractivity contribution in [2.24, 2.45) is 17.8 Å². The molecule has 3 heteroatoms. The number of hydrogen-bond donors (Lipinski definition) is 0. The average molecular weight is 331 g/mol. The Balaban J connectivity index is 2.47. The Kier molecular flexibility index (Phi) is 6.58. The van der Waals surface area contributed by atoms with Crippen LogP contribution in [-0.4, -0.2) is 12.1 Å². The topological polar surface area (TPSA) is 26.3 Å². The minimum atomic E-state index is -0.171. The predicted octanol–water partition coefficient (Wildman–Crippen LogP) is 5.07. The van der Waals surface area contributed by atoms with E-state index in [-0.39, 0.29) is 12.1 Å². The number of esters is 1. The Labute approximate surface area is 126 Å². The maximum absolute atomic E-state index is 11.5. The van der Waals surface area contributed by atoms with Crippen LogP contribution in [0.2, 0.25) is 0 Å². The van der Waals surface area contributed by atoms with Crippen LogP contribution in [0.15, 0.2) is 10.1 Å². The van der Waals surface area contributed by atoms with E-state index < -0.39 is 0 Å². The zero-order valence-electron chi connectivity index (χ0n) is 12.8. The summed E-state index contributed by atoms with van der Waals surface area (Å²) in [5.74, 6) is 1.67. The highest BCUT2D eigenvalue weighted by molar-refractivity contribution is 9.11. The van der Waals surface area contributed by atoms with Crippen molar-refractivity contribution in [2.45, 2.75) is 66.4 Å². The first-order valence-electron chi connectivity index (χ1n) is 7.44. The Morgan fingerprint density at radius 3 is 2.32 bits per heavy atom. The highest BCUT2D eigenvalue weighted by Gasteiger charge is 2.34. The van der Waals surface area contributed by atoms with Crippen LogP contribution in [0.3, 0.4) is 0 Å². The van der Waals surface area contributed by atoms with E-state index in [1.807, 2.05) is 6.92 Å². The van der Waals surface area contributed by atoms with Crippen LogP contribution in [0.25, 0.3) is 0 Å². The third-order valence-electron chi connectivity index (χ3n) is 4.03. The number of carbonyl (C=O) groups excluding carboxylic acids is 1. The van der Waals surface area contributed by atoms with Gasteiger partial charge >= 0.3 is 5.97 Å². The van der Waals surface area contributed by atoms with Crippen LogP contribution in [0.1, 0.15) is 60.3 Å². The van der Waals surface area contributed by atoms with Crippen molar-refractivity contribution in [1.29, 1.82) is 0 Å². The molecule has 0 saturated carbocycles. The first kappa shape index (κ1) is 16.7. The van der Waals surface area contributed by atoms with Gasteiger partial charge in [-0.15, -0.1) is 0 Å². The second kappa shape index (κ2) is 7.47. The molecule has 1 rings (SSSR count). The van der Waals surface area contributed by atoms with Crippen molar-refractivity contribution in [1.82, 2.24) is 0 Å². The molecule has 0 aromatic carbocycles. The van der Waals surface area contributed by atoms with Gasteiger partial charge in [-0.3, -0.25) is 0 Å². The molecule has 0 saturated heterocycles. The van der Waals surface area contributed by atoms with E-state index in [0.29, 0.717) is 11.8 Å². The van der Waals surface area contributed by atoms with E-state index in [2.05, 4.69) is 43.6 Å². The maximum atomic E-state index is 11.5. The Hall–Kier alpha value is -0.310. The van der Waals surface area contributed by atoms with Gasteiger partial charge in [-0.2, -0.15) is 0 Å². The fourth-order valence-electron chi connectivity index (χ4n) is 3.08. The lowest BCUT2D eigenvalue weighted by Crippen LogP contribution is -2.22. The van der Waals surface area contributed by atoms with E-state index >= 15 is 0 Å². The zero-order chi connectivity index (χ0) is 14.6. The molecule has 0 spiro atoms. The number of ether oxygens (including phenoxy) is 1. The third kappa shape index (κ3) is 4.62. The van der Waals surface area contributed by atoms with Crippen LogP contribution in [0.5, 0.6) is 0 Å². The fraction of sp³-hybridized carbons (Fsp3) is 0.812. The lowest BCUT2D eigenvalue weighted by atomic mass is 9.86. The van der Waals surface area contributed by atoms with Crippen LogP contribution < -0.4 is 0 Å². The molecular weight excluding hydrogens is 304 g/mol. The van der Waals surface area contributed by atoms with Gasteiger partial charge in [0, 0.05) is 10.1 Å². The number of halogens is 1. The zero-order valence-corrected chi connectivity index (χ0v) is 14.4. The molecule has 0 bridgehead atoms. The Morgan fingerprint density at radius 1 is 1.21 bits per heavy atom. The maximum Gasteiger partial charge on any atom is 0.335 e. The van der Waals surface area contributed by atoms with Crippen molar-refractivity contribution in [2.75, 3.05) is 0 Å². The molecule has 0 N–H and O–H groups in total. The van der Waals surface area contributed by atoms with Gasteiger partial charge in [0.15, 0.2) is 0 Å². The van der Waals surface area contributed by atoms with Crippen molar-refractivity contribution >= 4 is 21.9 Å². The molecule has 1 aliphatic rings. The number of carbonyl (C=O) groups is 1. The normalized spacial score (nSPS) is 24.3. The summed E-state index contributed by atoms with van der Waals surface area (Å²) in [5.41, 5.74) is 0.726. The molecule has 0 fully saturated rings. The lowest BCUT2D eigenvalue weighted by Gasteiger charge is -2.24. The van der Waals surface area contributed by atoms with E-state index in [1.165, 1.54) is 19.3 Å². The quantitative estimate of drug-likeness (QED) is 0.609. The largest absolute Gasteiger partial charge is 0.453 e. The third-order valence-corrected chi connectivity index (χ3v) is 5.07. The van der Waals surface area contributed by atoms with E-state index in [9.17, 15) is 4.79 Å². The summed E-state index contributed by atoms with van der Waals surface area (Å²) in [6.45, 7) is 10.9. The van der Waals surface area contributed by atoms with Crippen LogP contribution in [0.4, 0.5) is 0 Å². The number of hydrogen-bond acceptors (Lipinski definition) is 2. The molecule has 4 atom stereocenters. The fourth-order valence-corrected chi connectivity index (χ4v) is 3.79. The van der Waals surface area contributed by atoms with Crippen molar-refractivity contribution in [3.8, 4) is 0 Å². The van der Waals surface area contributed by atoms with Gasteiger partial charge in [-0.1, -0.05) is 56.5 Å². The lowest BCUT2D eigenvalue weighted by molar-refractivity contribution is -0.141. The van der Waals surface area contributed by atoms with Crippen LogP contribution >= 0.6 is 15.9 Å². The van der Waals surface area contributed by atoms with Crippen LogP contribution in [0, 0.1) is 17.8 Å². The Morgan fingerprint density at radius 2 is 1.84 bits per heavy atom. The standard InChI is InChI=1S/C16H27BrO2/c1-6-7-10(2)8-11(3)9-12(4)15-14(17)13(5)16(18)19-15/h10-12,15H,6-9H2,1-5H3/t10-,11-,12-,15-/m1/s1. The van der Waals surface area contributed by atoms with E-state index in [1.54, 1.807) is 0 Å². The van der Waals surface area contributed by atoms with Crippen LogP contribution in [-0.2, 0) is 9.53 Å². The van der Waals surface area contributed by atoms with Gasteiger partial charge in [0.25, 0.3) is 0 Å². The van der Waals surface area contributed by atoms with Gasteiger partial charge in [-0.25, -0.2) is 4.79 Å². The second-order valence-electron chi connectivity index (χ2n) is 6.25. The molecule has 110 valence electrons. The summed E-state index contributed by atoms with van der Waals surface area (Å²) in [6.07, 6.45) is 4.86. The molecular formula is C16H27BrO2. The first-order chi connectivity index (χ1) is 8.86. The van der Waals surface area contributed by atoms with Gasteiger partial charge < -0.3 is 4.74 Å². The molecule has 1 aliphatic heterocycles. The second-order valence-corrected chi connectivity index (χ2v) is 7.10. The van der Waals surface area contributed by atoms with Gasteiger partial charge in [-0.05, 0) is 37.5 Å². The molecule has 0 aromatic heterocycles. The Bertz CT molecular complexity index is 349. The van der Waals surface area contributed by atoms with Gasteiger partial charge in [0.2, 0.25) is 0 Å². The monoisotopic (exact) mass is 330 g/mol. The molecule has 1 heterocycles. The average Bonchev–Trinajstić information content (AvgIpc) is 2.57. The molecule has 19 heavy (non-hydrogen) atoms. The molecule has 0 amide bonds. The highest BCUT2D eigenvalue weighted by Crippen LogP contribution is 2.35. The molecule has 0 radical (unpaired) electrons. The molecule has 0 aliphatic carbocycles. The number of cyclic esters (lactones) is 1. The SMILES string of the molecule is CCC[C@@H](C)C[C@@H](C)C[C@@H](C)[C@H]1OC(=O)C(C)=C1Br. The summed E-state index contributed by atoms with van der Waals surface area (Å²) < 4.78 is 6.38. The molecule has 0 aromatic rings. The summed E-state index contributed by atoms with van der Waals surface area (Å²) in [6, 6.07) is 0. The van der Waals surface area contributed by atoms with Gasteiger partial charge in [0.1, 0.15) is 6.10 Å². The minimum absolute atomic E-state index is 0.0727. The van der Waals surface area contributed by atoms with E-state index in [4.69, 9.17) is 4.74 Å². The first-order valence-corrected chi connectivity index (χ1v) is 8.23. The number of rotatable bonds is 7. The highest BCUT2D eigenvalue weighted by atomic mass is 79.9. The van der Waals surface area contributed by atoms with E-state index in [0.717, 1.165) is 22.4 Å². The molecule has 0 unspecified atom stereocenters. The summed E-state index contributed by atoms with van der Waals surface area (Å²) in [7, 11) is 0. The van der Waals surface area contributed by atoms with Crippen molar-refractivity contribution in [3.63, 3.8) is 0 Å². The predicted molar refractivity (Wildman–Crippen MR) is 83.1 cm³/mol. The van der Waals surface area contributed by atoms with Crippen molar-refractivity contribution < 1.29 is 9.53 Å². The summed E-state index contributed by atoms with van der Waals surface area (Å²) in [4.78, 5) is 11.5. The molecule has 2 nitrogen and oxygen atoms in total. The van der Waals surface area contributed by atoms with Gasteiger partial charge in [0.05, 0.1) is 0 Å². The summed E-state index contributed by atoms with van der Waals surface area (Å²) in [5, 5.41) is 0. The summed E-state index contributed by atoms with van der Waals surface area (Å²) >= 11 is 3.51. The van der Waals surface area contributed by atoms with Crippen molar-refractivity contribution in [3.05, 3.63) is 10.1 Å².